The average molecular weight is 247 g/mol. The predicted molar refractivity (Wildman–Crippen MR) is 67.3 cm³/mol. The van der Waals surface area contributed by atoms with Crippen molar-refractivity contribution in [3.8, 4) is 5.75 Å². The lowest BCUT2D eigenvalue weighted by molar-refractivity contribution is -0.126. The molecule has 0 aromatic heterocycles. The van der Waals surface area contributed by atoms with Gasteiger partial charge in [-0.3, -0.25) is 14.9 Å². The van der Waals surface area contributed by atoms with Crippen molar-refractivity contribution >= 4 is 11.8 Å². The van der Waals surface area contributed by atoms with E-state index in [4.69, 9.17) is 4.74 Å². The van der Waals surface area contributed by atoms with Crippen molar-refractivity contribution in [1.29, 1.82) is 0 Å². The molecule has 1 saturated heterocycles. The summed E-state index contributed by atoms with van der Waals surface area (Å²) in [6, 6.07) is 7.35. The fraction of sp³-hybridized carbons (Fsp3) is 0.429. The molecule has 2 rings (SSSR count). The molecule has 1 aromatic carbocycles. The Morgan fingerprint density at radius 3 is 2.28 bits per heavy atom. The highest BCUT2D eigenvalue weighted by atomic mass is 16.5. The van der Waals surface area contributed by atoms with E-state index in [9.17, 15) is 9.59 Å². The summed E-state index contributed by atoms with van der Waals surface area (Å²) >= 11 is 0. The lowest BCUT2D eigenvalue weighted by Crippen LogP contribution is -2.32. The normalized spacial score (nSPS) is 23.3. The van der Waals surface area contributed by atoms with Gasteiger partial charge in [0.25, 0.3) is 0 Å². The molecule has 1 aliphatic heterocycles. The van der Waals surface area contributed by atoms with Crippen LogP contribution in [0.5, 0.6) is 5.75 Å². The van der Waals surface area contributed by atoms with Crippen LogP contribution in [-0.2, 0) is 15.0 Å². The van der Waals surface area contributed by atoms with Crippen LogP contribution in [0.25, 0.3) is 0 Å². The number of carbonyl (C=O) groups excluding carboxylic acids is 2. The molecule has 0 bridgehead atoms. The summed E-state index contributed by atoms with van der Waals surface area (Å²) in [6.45, 7) is 5.70. The number of hydrogen-bond acceptors (Lipinski definition) is 3. The quantitative estimate of drug-likeness (QED) is 0.828. The topological polar surface area (TPSA) is 55.4 Å². The number of imide groups is 1. The van der Waals surface area contributed by atoms with Crippen LogP contribution < -0.4 is 10.1 Å². The fourth-order valence-corrected chi connectivity index (χ4v) is 2.12. The van der Waals surface area contributed by atoms with Crippen LogP contribution in [0.1, 0.15) is 32.8 Å². The van der Waals surface area contributed by atoms with Gasteiger partial charge in [0.2, 0.25) is 11.8 Å². The van der Waals surface area contributed by atoms with Gasteiger partial charge in [-0.2, -0.15) is 0 Å². The summed E-state index contributed by atoms with van der Waals surface area (Å²) < 4.78 is 5.55. The molecule has 1 N–H and O–H groups in total. The maximum atomic E-state index is 11.8. The minimum atomic E-state index is -0.757. The van der Waals surface area contributed by atoms with Gasteiger partial charge in [0, 0.05) is 6.42 Å². The molecule has 1 fully saturated rings. The van der Waals surface area contributed by atoms with Gasteiger partial charge in [0.05, 0.1) is 11.5 Å². The number of carbonyl (C=O) groups is 2. The zero-order valence-corrected chi connectivity index (χ0v) is 10.8. The summed E-state index contributed by atoms with van der Waals surface area (Å²) in [7, 11) is 0. The second-order valence-corrected chi connectivity index (χ2v) is 5.08. The second kappa shape index (κ2) is 4.44. The van der Waals surface area contributed by atoms with Crippen molar-refractivity contribution in [2.24, 2.45) is 0 Å². The van der Waals surface area contributed by atoms with Gasteiger partial charge < -0.3 is 4.74 Å². The van der Waals surface area contributed by atoms with Crippen LogP contribution in [0.3, 0.4) is 0 Å². The van der Waals surface area contributed by atoms with E-state index in [1.807, 2.05) is 38.1 Å². The van der Waals surface area contributed by atoms with Crippen molar-refractivity contribution in [3.63, 3.8) is 0 Å². The van der Waals surface area contributed by atoms with E-state index < -0.39 is 5.41 Å². The van der Waals surface area contributed by atoms with Gasteiger partial charge in [-0.05, 0) is 38.5 Å². The van der Waals surface area contributed by atoms with Crippen molar-refractivity contribution in [2.75, 3.05) is 0 Å². The number of benzene rings is 1. The van der Waals surface area contributed by atoms with E-state index in [-0.39, 0.29) is 24.3 Å². The minimum Gasteiger partial charge on any atom is -0.491 e. The monoisotopic (exact) mass is 247 g/mol. The van der Waals surface area contributed by atoms with E-state index in [0.717, 1.165) is 11.3 Å². The summed E-state index contributed by atoms with van der Waals surface area (Å²) in [6.07, 6.45) is 0.318. The van der Waals surface area contributed by atoms with Gasteiger partial charge in [-0.1, -0.05) is 12.1 Å². The Hall–Kier alpha value is -1.84. The van der Waals surface area contributed by atoms with Crippen LogP contribution in [0.4, 0.5) is 0 Å². The summed E-state index contributed by atoms with van der Waals surface area (Å²) in [5, 5.41) is 2.34. The lowest BCUT2D eigenvalue weighted by atomic mass is 9.81. The Kier molecular flexibility index (Phi) is 3.11. The second-order valence-electron chi connectivity index (χ2n) is 5.08. The molecule has 1 heterocycles. The first-order chi connectivity index (χ1) is 8.41. The SMILES string of the molecule is CC(C)Oc1ccc(C2(C)CC(=O)NC2=O)cc1. The van der Waals surface area contributed by atoms with Crippen LogP contribution >= 0.6 is 0 Å². The molecule has 0 saturated carbocycles. The Labute approximate surface area is 106 Å². The Balaban J connectivity index is 2.24. The van der Waals surface area contributed by atoms with Gasteiger partial charge in [0.15, 0.2) is 0 Å². The third-order valence-corrected chi connectivity index (χ3v) is 3.13. The van der Waals surface area contributed by atoms with Crippen LogP contribution in [0.15, 0.2) is 24.3 Å². The minimum absolute atomic E-state index is 0.114. The average Bonchev–Trinajstić information content (AvgIpc) is 2.53. The third kappa shape index (κ3) is 2.23. The van der Waals surface area contributed by atoms with E-state index in [0.29, 0.717) is 0 Å². The van der Waals surface area contributed by atoms with Gasteiger partial charge >= 0.3 is 0 Å². The predicted octanol–water partition coefficient (Wildman–Crippen LogP) is 1.78. The molecule has 0 radical (unpaired) electrons. The highest BCUT2D eigenvalue weighted by Crippen LogP contribution is 2.32. The Bertz CT molecular complexity index is 478. The van der Waals surface area contributed by atoms with E-state index in [1.165, 1.54) is 0 Å². The molecule has 0 spiro atoms. The Morgan fingerprint density at radius 1 is 1.22 bits per heavy atom. The zero-order valence-electron chi connectivity index (χ0n) is 10.8. The number of nitrogens with one attached hydrogen (secondary N) is 1. The van der Waals surface area contributed by atoms with E-state index >= 15 is 0 Å². The molecule has 4 nitrogen and oxygen atoms in total. The number of rotatable bonds is 3. The highest BCUT2D eigenvalue weighted by Gasteiger charge is 2.43. The van der Waals surface area contributed by atoms with Crippen molar-refractivity contribution < 1.29 is 14.3 Å². The first-order valence-corrected chi connectivity index (χ1v) is 6.03. The summed E-state index contributed by atoms with van der Waals surface area (Å²) in [5.41, 5.74) is 0.0786. The third-order valence-electron chi connectivity index (χ3n) is 3.13. The van der Waals surface area contributed by atoms with Crippen molar-refractivity contribution in [1.82, 2.24) is 5.32 Å². The smallest absolute Gasteiger partial charge is 0.237 e. The molecule has 1 aliphatic rings. The van der Waals surface area contributed by atoms with Gasteiger partial charge in [0.1, 0.15) is 5.75 Å². The van der Waals surface area contributed by atoms with Crippen molar-refractivity contribution in [2.45, 2.75) is 38.7 Å². The van der Waals surface area contributed by atoms with Crippen LogP contribution in [-0.4, -0.2) is 17.9 Å². The largest absolute Gasteiger partial charge is 0.491 e. The van der Waals surface area contributed by atoms with Gasteiger partial charge in [-0.15, -0.1) is 0 Å². The molecular formula is C14H17NO3. The maximum absolute atomic E-state index is 11.8. The standard InChI is InChI=1S/C14H17NO3/c1-9(2)18-11-6-4-10(5-7-11)14(3)8-12(16)15-13(14)17/h4-7,9H,8H2,1-3H3,(H,15,16,17). The van der Waals surface area contributed by atoms with E-state index in [1.54, 1.807) is 6.92 Å². The first-order valence-electron chi connectivity index (χ1n) is 6.03. The zero-order chi connectivity index (χ0) is 13.3. The van der Waals surface area contributed by atoms with Crippen LogP contribution in [0, 0.1) is 0 Å². The molecule has 1 atom stereocenters. The number of amides is 2. The molecule has 18 heavy (non-hydrogen) atoms. The lowest BCUT2D eigenvalue weighted by Gasteiger charge is -2.20. The number of hydrogen-bond donors (Lipinski definition) is 1. The number of ether oxygens (including phenoxy) is 1. The molecule has 96 valence electrons. The van der Waals surface area contributed by atoms with Gasteiger partial charge in [-0.25, -0.2) is 0 Å². The van der Waals surface area contributed by atoms with Crippen molar-refractivity contribution in [3.05, 3.63) is 29.8 Å². The summed E-state index contributed by atoms with van der Waals surface area (Å²) in [5.74, 6) is 0.317. The Morgan fingerprint density at radius 2 is 1.83 bits per heavy atom. The maximum Gasteiger partial charge on any atom is 0.237 e. The first kappa shape index (κ1) is 12.6. The highest BCUT2D eigenvalue weighted by molar-refractivity contribution is 6.08. The molecule has 4 heteroatoms. The molecule has 1 unspecified atom stereocenters. The molecule has 0 aliphatic carbocycles. The molecular weight excluding hydrogens is 230 g/mol. The fourth-order valence-electron chi connectivity index (χ4n) is 2.12. The molecule has 2 amide bonds. The summed E-state index contributed by atoms with van der Waals surface area (Å²) in [4.78, 5) is 23.1. The molecule has 1 aromatic rings. The van der Waals surface area contributed by atoms with Crippen LogP contribution in [0.2, 0.25) is 0 Å². The van der Waals surface area contributed by atoms with E-state index in [2.05, 4.69) is 5.32 Å².